The van der Waals surface area contributed by atoms with Crippen LogP contribution >= 0.6 is 0 Å². The molecule has 0 amide bonds. The second kappa shape index (κ2) is 3.86. The number of carboxylic acid groups (broad SMARTS) is 1. The van der Waals surface area contributed by atoms with Gasteiger partial charge in [0.15, 0.2) is 0 Å². The summed E-state index contributed by atoms with van der Waals surface area (Å²) in [7, 11) is 0. The van der Waals surface area contributed by atoms with Crippen molar-refractivity contribution >= 4 is 5.97 Å². The highest BCUT2D eigenvalue weighted by Crippen LogP contribution is 2.60. The van der Waals surface area contributed by atoms with Gasteiger partial charge in [-0.1, -0.05) is 13.8 Å². The second-order valence-corrected chi connectivity index (χ2v) is 7.14. The molecule has 0 bridgehead atoms. The number of hydrogen-bond donors (Lipinski definition) is 3. The molecule has 20 heavy (non-hydrogen) atoms. The van der Waals surface area contributed by atoms with Gasteiger partial charge in [-0.05, 0) is 37.0 Å². The zero-order valence-corrected chi connectivity index (χ0v) is 11.9. The lowest BCUT2D eigenvalue weighted by molar-refractivity contribution is -0.0706. The van der Waals surface area contributed by atoms with Gasteiger partial charge in [-0.25, -0.2) is 4.79 Å². The number of aromatic carboxylic acids is 1. The molecule has 1 heterocycles. The number of furan rings is 1. The van der Waals surface area contributed by atoms with Crippen molar-refractivity contribution in [3.05, 3.63) is 23.2 Å². The Balaban J connectivity index is 2.17. The number of fused-ring (bicyclic) bond motifs is 2. The Kier molecular flexibility index (Phi) is 2.63. The van der Waals surface area contributed by atoms with Gasteiger partial charge in [0, 0.05) is 11.1 Å². The molecule has 4 atom stereocenters. The second-order valence-electron chi connectivity index (χ2n) is 7.14. The number of rotatable bonds is 1. The van der Waals surface area contributed by atoms with Crippen LogP contribution in [0.1, 0.15) is 61.4 Å². The molecule has 2 aliphatic carbocycles. The maximum Gasteiger partial charge on any atom is 0.372 e. The lowest BCUT2D eigenvalue weighted by Crippen LogP contribution is -2.42. The summed E-state index contributed by atoms with van der Waals surface area (Å²) >= 11 is 0. The summed E-state index contributed by atoms with van der Waals surface area (Å²) in [6, 6.07) is 0. The zero-order valence-electron chi connectivity index (χ0n) is 11.9. The summed E-state index contributed by atoms with van der Waals surface area (Å²) < 4.78 is 5.08. The quantitative estimate of drug-likeness (QED) is 0.734. The van der Waals surface area contributed by atoms with Crippen molar-refractivity contribution in [1.29, 1.82) is 0 Å². The standard InChI is InChI=1S/C15H20O5/c1-14(2)4-7-9(5-14)15(3,19)10-8(11(7)16)6-20-12(10)13(17)18/h6-7,9,11,16,19H,4-5H2,1-3H3,(H,17,18)/t7-,9?,11+,15-/m1/s1. The van der Waals surface area contributed by atoms with Crippen molar-refractivity contribution in [2.45, 2.75) is 45.3 Å². The molecule has 1 unspecified atom stereocenters. The Morgan fingerprint density at radius 1 is 1.35 bits per heavy atom. The van der Waals surface area contributed by atoms with Gasteiger partial charge in [0.1, 0.15) is 0 Å². The van der Waals surface area contributed by atoms with Crippen LogP contribution in [-0.4, -0.2) is 21.3 Å². The van der Waals surface area contributed by atoms with Crippen LogP contribution in [0.5, 0.6) is 0 Å². The van der Waals surface area contributed by atoms with Gasteiger partial charge >= 0.3 is 5.97 Å². The monoisotopic (exact) mass is 280 g/mol. The first-order chi connectivity index (χ1) is 9.15. The molecule has 110 valence electrons. The fraction of sp³-hybridized carbons (Fsp3) is 0.667. The summed E-state index contributed by atoms with van der Waals surface area (Å²) in [4.78, 5) is 11.3. The van der Waals surface area contributed by atoms with E-state index < -0.39 is 17.7 Å². The largest absolute Gasteiger partial charge is 0.475 e. The molecule has 3 N–H and O–H groups in total. The van der Waals surface area contributed by atoms with Crippen LogP contribution < -0.4 is 0 Å². The molecular weight excluding hydrogens is 260 g/mol. The maximum absolute atomic E-state index is 11.3. The number of aliphatic hydroxyl groups excluding tert-OH is 1. The minimum Gasteiger partial charge on any atom is -0.475 e. The van der Waals surface area contributed by atoms with Crippen molar-refractivity contribution in [1.82, 2.24) is 0 Å². The van der Waals surface area contributed by atoms with Crippen molar-refractivity contribution in [3.8, 4) is 0 Å². The number of carboxylic acids is 1. The summed E-state index contributed by atoms with van der Waals surface area (Å²) in [5, 5.41) is 30.7. The lowest BCUT2D eigenvalue weighted by atomic mass is 9.67. The molecule has 0 aromatic carbocycles. The molecule has 3 rings (SSSR count). The predicted molar refractivity (Wildman–Crippen MR) is 70.2 cm³/mol. The van der Waals surface area contributed by atoms with Gasteiger partial charge in [-0.3, -0.25) is 0 Å². The van der Waals surface area contributed by atoms with Crippen LogP contribution in [0.3, 0.4) is 0 Å². The third-order valence-electron chi connectivity index (χ3n) is 5.04. The normalized spacial score (nSPS) is 38.4. The van der Waals surface area contributed by atoms with Gasteiger partial charge in [0.25, 0.3) is 0 Å². The third-order valence-corrected chi connectivity index (χ3v) is 5.04. The van der Waals surface area contributed by atoms with E-state index in [0.717, 1.165) is 12.8 Å². The first-order valence-electron chi connectivity index (χ1n) is 6.91. The van der Waals surface area contributed by atoms with E-state index in [0.29, 0.717) is 5.56 Å². The van der Waals surface area contributed by atoms with Crippen molar-refractivity contribution < 1.29 is 24.5 Å². The van der Waals surface area contributed by atoms with E-state index in [1.165, 1.54) is 6.26 Å². The highest BCUT2D eigenvalue weighted by Gasteiger charge is 2.57. The molecule has 0 radical (unpaired) electrons. The van der Waals surface area contributed by atoms with Gasteiger partial charge in [-0.2, -0.15) is 0 Å². The van der Waals surface area contributed by atoms with Gasteiger partial charge in [-0.15, -0.1) is 0 Å². The Morgan fingerprint density at radius 3 is 2.60 bits per heavy atom. The SMILES string of the molecule is CC1(C)CC2[C@@H](C1)[C@H](O)c1coc(C(=O)O)c1[C@]2(C)O. The van der Waals surface area contributed by atoms with E-state index in [9.17, 15) is 20.1 Å². The van der Waals surface area contributed by atoms with Crippen LogP contribution in [-0.2, 0) is 5.60 Å². The average Bonchev–Trinajstić information content (AvgIpc) is 2.88. The molecular formula is C15H20O5. The Labute approximate surface area is 117 Å². The maximum atomic E-state index is 11.3. The molecule has 0 spiro atoms. The van der Waals surface area contributed by atoms with Gasteiger partial charge in [0.2, 0.25) is 5.76 Å². The molecule has 5 heteroatoms. The first kappa shape index (κ1) is 13.6. The molecule has 5 nitrogen and oxygen atoms in total. The van der Waals surface area contributed by atoms with Crippen LogP contribution in [0.25, 0.3) is 0 Å². The van der Waals surface area contributed by atoms with Crippen LogP contribution in [0.2, 0.25) is 0 Å². The van der Waals surface area contributed by atoms with E-state index in [1.54, 1.807) is 6.92 Å². The minimum atomic E-state index is -1.28. The highest BCUT2D eigenvalue weighted by atomic mass is 16.4. The molecule has 2 aliphatic rings. The first-order valence-corrected chi connectivity index (χ1v) is 6.91. The Hall–Kier alpha value is -1.33. The van der Waals surface area contributed by atoms with E-state index in [4.69, 9.17) is 4.42 Å². The van der Waals surface area contributed by atoms with Crippen molar-refractivity contribution in [2.75, 3.05) is 0 Å². The Morgan fingerprint density at radius 2 is 2.00 bits per heavy atom. The number of aliphatic hydroxyl groups is 2. The molecule has 1 aromatic heterocycles. The minimum absolute atomic E-state index is 0.0320. The van der Waals surface area contributed by atoms with E-state index >= 15 is 0 Å². The van der Waals surface area contributed by atoms with Gasteiger partial charge in [0.05, 0.1) is 18.0 Å². The summed E-state index contributed by atoms with van der Waals surface area (Å²) in [5.74, 6) is -1.69. The molecule has 1 fully saturated rings. The van der Waals surface area contributed by atoms with E-state index in [1.807, 2.05) is 0 Å². The smallest absolute Gasteiger partial charge is 0.372 e. The molecule has 0 aliphatic heterocycles. The van der Waals surface area contributed by atoms with Crippen molar-refractivity contribution in [3.63, 3.8) is 0 Å². The molecule has 0 saturated heterocycles. The predicted octanol–water partition coefficient (Wildman–Crippen LogP) is 2.28. The summed E-state index contributed by atoms with van der Waals surface area (Å²) in [6.07, 6.45) is 2.07. The lowest BCUT2D eigenvalue weighted by Gasteiger charge is -2.41. The molecule has 1 aromatic rings. The van der Waals surface area contributed by atoms with Crippen LogP contribution in [0.15, 0.2) is 10.7 Å². The third kappa shape index (κ3) is 1.66. The Bertz CT molecular complexity index is 569. The van der Waals surface area contributed by atoms with Crippen LogP contribution in [0, 0.1) is 17.3 Å². The number of carbonyl (C=O) groups is 1. The highest BCUT2D eigenvalue weighted by molar-refractivity contribution is 5.87. The molecule has 1 saturated carbocycles. The van der Waals surface area contributed by atoms with Crippen molar-refractivity contribution in [2.24, 2.45) is 17.3 Å². The zero-order chi connectivity index (χ0) is 14.9. The fourth-order valence-electron chi connectivity index (χ4n) is 4.24. The topological polar surface area (TPSA) is 90.9 Å². The average molecular weight is 280 g/mol. The van der Waals surface area contributed by atoms with E-state index in [-0.39, 0.29) is 28.6 Å². The summed E-state index contributed by atoms with van der Waals surface area (Å²) in [5.41, 5.74) is -0.583. The van der Waals surface area contributed by atoms with Gasteiger partial charge < -0.3 is 19.7 Å². The number of hydrogen-bond acceptors (Lipinski definition) is 4. The summed E-state index contributed by atoms with van der Waals surface area (Å²) in [6.45, 7) is 5.86. The van der Waals surface area contributed by atoms with E-state index in [2.05, 4.69) is 13.8 Å². The fourth-order valence-corrected chi connectivity index (χ4v) is 4.24. The van der Waals surface area contributed by atoms with Crippen LogP contribution in [0.4, 0.5) is 0 Å².